The van der Waals surface area contributed by atoms with E-state index in [-0.39, 0.29) is 11.5 Å². The lowest BCUT2D eigenvalue weighted by Crippen LogP contribution is -2.03. The van der Waals surface area contributed by atoms with Crippen LogP contribution in [0.15, 0.2) is 42.5 Å². The van der Waals surface area contributed by atoms with E-state index < -0.39 is 5.97 Å². The molecule has 5 heteroatoms. The summed E-state index contributed by atoms with van der Waals surface area (Å²) in [6.07, 6.45) is 1.72. The Morgan fingerprint density at radius 1 is 1.14 bits per heavy atom. The highest BCUT2D eigenvalue weighted by Gasteiger charge is 2.23. The molecule has 21 heavy (non-hydrogen) atoms. The zero-order valence-corrected chi connectivity index (χ0v) is 11.5. The van der Waals surface area contributed by atoms with Crippen LogP contribution in [-0.2, 0) is 4.79 Å². The Balaban J connectivity index is 2.00. The van der Waals surface area contributed by atoms with Gasteiger partial charge in [0.15, 0.2) is 0 Å². The van der Waals surface area contributed by atoms with Crippen molar-refractivity contribution in [2.45, 2.75) is 0 Å². The molecule has 0 radical (unpaired) electrons. The van der Waals surface area contributed by atoms with E-state index in [9.17, 15) is 9.59 Å². The van der Waals surface area contributed by atoms with Gasteiger partial charge in [-0.15, -0.1) is 0 Å². The summed E-state index contributed by atoms with van der Waals surface area (Å²) in [6, 6.07) is 11.5. The second-order valence-electron chi connectivity index (χ2n) is 4.63. The van der Waals surface area contributed by atoms with Crippen molar-refractivity contribution in [1.29, 1.82) is 0 Å². The Kier molecular flexibility index (Phi) is 3.23. The molecule has 2 aromatic rings. The fraction of sp³-hybridized carbons (Fsp3) is 0. The lowest BCUT2D eigenvalue weighted by atomic mass is 10.0. The molecule has 1 aliphatic rings. The number of amides is 1. The van der Waals surface area contributed by atoms with Gasteiger partial charge in [-0.25, -0.2) is 4.79 Å². The van der Waals surface area contributed by atoms with Gasteiger partial charge < -0.3 is 10.4 Å². The molecule has 0 atom stereocenters. The number of nitrogens with one attached hydrogen (secondary N) is 1. The molecule has 1 heterocycles. The van der Waals surface area contributed by atoms with Crippen molar-refractivity contribution >= 4 is 40.8 Å². The number of carboxylic acid groups (broad SMARTS) is 1. The topological polar surface area (TPSA) is 66.4 Å². The monoisotopic (exact) mass is 299 g/mol. The quantitative estimate of drug-likeness (QED) is 0.834. The standard InChI is InChI=1S/C16H10ClNO3/c17-11-5-6-12-13(15(19)18-14(12)8-11)7-9-1-3-10(4-2-9)16(20)21/h1-8H,(H,18,19)(H,20,21)/b13-7-. The lowest BCUT2D eigenvalue weighted by Gasteiger charge is -2.00. The minimum absolute atomic E-state index is 0.199. The van der Waals surface area contributed by atoms with E-state index in [0.717, 1.165) is 11.1 Å². The van der Waals surface area contributed by atoms with Gasteiger partial charge in [-0.2, -0.15) is 0 Å². The number of hydrogen-bond donors (Lipinski definition) is 2. The van der Waals surface area contributed by atoms with E-state index in [4.69, 9.17) is 16.7 Å². The van der Waals surface area contributed by atoms with Gasteiger partial charge in [0.2, 0.25) is 0 Å². The van der Waals surface area contributed by atoms with Gasteiger partial charge in [0.1, 0.15) is 0 Å². The summed E-state index contributed by atoms with van der Waals surface area (Å²) in [5.41, 5.74) is 2.96. The molecule has 2 aromatic carbocycles. The number of carbonyl (C=O) groups is 2. The highest BCUT2D eigenvalue weighted by molar-refractivity contribution is 6.36. The van der Waals surface area contributed by atoms with E-state index >= 15 is 0 Å². The molecule has 0 saturated carbocycles. The first-order chi connectivity index (χ1) is 10.0. The number of anilines is 1. The third kappa shape index (κ3) is 2.53. The van der Waals surface area contributed by atoms with Crippen LogP contribution in [0.1, 0.15) is 21.5 Å². The SMILES string of the molecule is O=C1Nc2cc(Cl)ccc2/C1=C/c1ccc(C(=O)O)cc1. The van der Waals surface area contributed by atoms with E-state index in [1.165, 1.54) is 12.1 Å². The molecule has 0 unspecified atom stereocenters. The maximum absolute atomic E-state index is 12.0. The summed E-state index contributed by atoms with van der Waals surface area (Å²) in [6.45, 7) is 0. The van der Waals surface area contributed by atoms with Gasteiger partial charge in [0.05, 0.1) is 11.3 Å². The van der Waals surface area contributed by atoms with Gasteiger partial charge in [0, 0.05) is 16.2 Å². The third-order valence-electron chi connectivity index (χ3n) is 3.23. The molecular weight excluding hydrogens is 290 g/mol. The van der Waals surface area contributed by atoms with E-state index in [1.54, 1.807) is 36.4 Å². The summed E-state index contributed by atoms with van der Waals surface area (Å²) >= 11 is 5.90. The van der Waals surface area contributed by atoms with E-state index in [2.05, 4.69) is 5.32 Å². The number of carbonyl (C=O) groups excluding carboxylic acids is 1. The average Bonchev–Trinajstić information content (AvgIpc) is 2.75. The molecule has 1 aliphatic heterocycles. The van der Waals surface area contributed by atoms with Crippen LogP contribution in [-0.4, -0.2) is 17.0 Å². The number of carboxylic acids is 1. The van der Waals surface area contributed by atoms with Crippen LogP contribution in [0.4, 0.5) is 5.69 Å². The molecule has 4 nitrogen and oxygen atoms in total. The first kappa shape index (κ1) is 13.4. The van der Waals surface area contributed by atoms with Gasteiger partial charge in [0.25, 0.3) is 5.91 Å². The van der Waals surface area contributed by atoms with Crippen molar-refractivity contribution in [3.05, 3.63) is 64.2 Å². The number of hydrogen-bond acceptors (Lipinski definition) is 2. The minimum atomic E-state index is -0.979. The van der Waals surface area contributed by atoms with Crippen LogP contribution in [0, 0.1) is 0 Å². The van der Waals surface area contributed by atoms with Crippen molar-refractivity contribution in [3.63, 3.8) is 0 Å². The number of fused-ring (bicyclic) bond motifs is 1. The summed E-state index contributed by atoms with van der Waals surface area (Å²) in [4.78, 5) is 22.8. The number of benzene rings is 2. The zero-order valence-electron chi connectivity index (χ0n) is 10.8. The molecule has 1 amide bonds. The summed E-state index contributed by atoms with van der Waals surface area (Å²) < 4.78 is 0. The Hall–Kier alpha value is -2.59. The molecule has 3 rings (SSSR count). The molecule has 0 spiro atoms. The van der Waals surface area contributed by atoms with Crippen LogP contribution in [0.25, 0.3) is 11.6 Å². The van der Waals surface area contributed by atoms with Gasteiger partial charge in [-0.1, -0.05) is 29.8 Å². The highest BCUT2D eigenvalue weighted by atomic mass is 35.5. The Bertz CT molecular complexity index is 779. The molecule has 0 fully saturated rings. The number of aromatic carboxylic acids is 1. The second-order valence-corrected chi connectivity index (χ2v) is 5.07. The molecule has 0 aliphatic carbocycles. The van der Waals surface area contributed by atoms with Crippen molar-refractivity contribution in [1.82, 2.24) is 0 Å². The molecule has 0 bridgehead atoms. The first-order valence-corrected chi connectivity index (χ1v) is 6.59. The fourth-order valence-electron chi connectivity index (χ4n) is 2.20. The highest BCUT2D eigenvalue weighted by Crippen LogP contribution is 2.34. The van der Waals surface area contributed by atoms with Crippen LogP contribution >= 0.6 is 11.6 Å². The van der Waals surface area contributed by atoms with Crippen LogP contribution < -0.4 is 5.32 Å². The van der Waals surface area contributed by atoms with Crippen molar-refractivity contribution in [2.24, 2.45) is 0 Å². The summed E-state index contributed by atoms with van der Waals surface area (Å²) in [7, 11) is 0. The predicted molar refractivity (Wildman–Crippen MR) is 81.4 cm³/mol. The van der Waals surface area contributed by atoms with Gasteiger partial charge in [-0.3, -0.25) is 4.79 Å². The normalized spacial score (nSPS) is 14.9. The molecule has 0 aromatic heterocycles. The molecular formula is C16H10ClNO3. The van der Waals surface area contributed by atoms with Crippen LogP contribution in [0.2, 0.25) is 5.02 Å². The maximum atomic E-state index is 12.0. The smallest absolute Gasteiger partial charge is 0.335 e. The Morgan fingerprint density at radius 2 is 1.86 bits per heavy atom. The van der Waals surface area contributed by atoms with Gasteiger partial charge >= 0.3 is 5.97 Å². The maximum Gasteiger partial charge on any atom is 0.335 e. The number of halogens is 1. The summed E-state index contributed by atoms with van der Waals surface area (Å²) in [5, 5.41) is 12.2. The van der Waals surface area contributed by atoms with Crippen molar-refractivity contribution < 1.29 is 14.7 Å². The zero-order chi connectivity index (χ0) is 15.0. The fourth-order valence-corrected chi connectivity index (χ4v) is 2.37. The predicted octanol–water partition coefficient (Wildman–Crippen LogP) is 3.53. The third-order valence-corrected chi connectivity index (χ3v) is 3.47. The van der Waals surface area contributed by atoms with Crippen LogP contribution in [0.5, 0.6) is 0 Å². The van der Waals surface area contributed by atoms with E-state index in [1.807, 2.05) is 0 Å². The molecule has 104 valence electrons. The number of rotatable bonds is 2. The van der Waals surface area contributed by atoms with Crippen LogP contribution in [0.3, 0.4) is 0 Å². The average molecular weight is 300 g/mol. The Labute approximate surface area is 125 Å². The second kappa shape index (κ2) is 5.07. The minimum Gasteiger partial charge on any atom is -0.478 e. The molecule has 0 saturated heterocycles. The van der Waals surface area contributed by atoms with Crippen molar-refractivity contribution in [2.75, 3.05) is 5.32 Å². The Morgan fingerprint density at radius 3 is 2.52 bits per heavy atom. The van der Waals surface area contributed by atoms with Gasteiger partial charge in [-0.05, 0) is 35.9 Å². The molecule has 2 N–H and O–H groups in total. The van der Waals surface area contributed by atoms with E-state index in [0.29, 0.717) is 16.3 Å². The largest absolute Gasteiger partial charge is 0.478 e. The van der Waals surface area contributed by atoms with Crippen molar-refractivity contribution in [3.8, 4) is 0 Å². The lowest BCUT2D eigenvalue weighted by molar-refractivity contribution is -0.110. The first-order valence-electron chi connectivity index (χ1n) is 6.21. The summed E-state index contributed by atoms with van der Waals surface area (Å²) in [5.74, 6) is -1.18.